The Balaban J connectivity index is 2.90. The molecule has 3 N–H and O–H groups in total. The Morgan fingerprint density at radius 2 is 1.95 bits per heavy atom. The second kappa shape index (κ2) is 6.07. The number of hydrogen-bond acceptors (Lipinski definition) is 4. The average Bonchev–Trinajstić information content (AvgIpc) is 2.35. The molecule has 8 nitrogen and oxygen atoms in total. The van der Waals surface area contributed by atoms with E-state index >= 15 is 0 Å². The van der Waals surface area contributed by atoms with Gasteiger partial charge in [0.05, 0.1) is 10.5 Å². The largest absolute Gasteiger partial charge is 0.478 e. The zero-order valence-electron chi connectivity index (χ0n) is 10.1. The van der Waals surface area contributed by atoms with Gasteiger partial charge < -0.3 is 15.7 Å². The summed E-state index contributed by atoms with van der Waals surface area (Å²) in [5.74, 6) is -1.42. The molecule has 21 heavy (non-hydrogen) atoms. The standard InChI is InChI=1S/C10H8F3N3O5/c11-10(12,13)4-14-9(19)15-6-2-1-5(8(17)18)3-7(6)16(20)21/h1-3H,4H2,(H,17,18)(H2,14,15,19). The van der Waals surface area contributed by atoms with Gasteiger partial charge in [0.25, 0.3) is 5.69 Å². The van der Waals surface area contributed by atoms with E-state index < -0.39 is 46.6 Å². The van der Waals surface area contributed by atoms with Crippen molar-refractivity contribution in [3.8, 4) is 0 Å². The lowest BCUT2D eigenvalue weighted by molar-refractivity contribution is -0.383. The first kappa shape index (κ1) is 16.2. The smallest absolute Gasteiger partial charge is 0.405 e. The summed E-state index contributed by atoms with van der Waals surface area (Å²) in [4.78, 5) is 31.7. The van der Waals surface area contributed by atoms with Crippen molar-refractivity contribution in [2.45, 2.75) is 6.18 Å². The monoisotopic (exact) mass is 307 g/mol. The normalized spacial score (nSPS) is 10.8. The number of halogens is 3. The molecule has 0 unspecified atom stereocenters. The van der Waals surface area contributed by atoms with Gasteiger partial charge in [-0.15, -0.1) is 0 Å². The number of nitro benzene ring substituents is 1. The van der Waals surface area contributed by atoms with Crippen molar-refractivity contribution in [3.63, 3.8) is 0 Å². The van der Waals surface area contributed by atoms with Crippen LogP contribution in [0.4, 0.5) is 29.3 Å². The van der Waals surface area contributed by atoms with E-state index in [1.165, 1.54) is 5.32 Å². The van der Waals surface area contributed by atoms with Gasteiger partial charge in [0.2, 0.25) is 0 Å². The number of aromatic carboxylic acids is 1. The van der Waals surface area contributed by atoms with E-state index in [9.17, 15) is 32.9 Å². The molecule has 0 aliphatic heterocycles. The van der Waals surface area contributed by atoms with E-state index in [2.05, 4.69) is 0 Å². The number of carboxylic acids is 1. The molecule has 0 spiro atoms. The highest BCUT2D eigenvalue weighted by atomic mass is 19.4. The number of nitro groups is 1. The maximum Gasteiger partial charge on any atom is 0.405 e. The van der Waals surface area contributed by atoms with E-state index in [-0.39, 0.29) is 0 Å². The predicted molar refractivity (Wildman–Crippen MR) is 63.1 cm³/mol. The summed E-state index contributed by atoms with van der Waals surface area (Å²) in [6, 6.07) is 1.25. The number of carboxylic acid groups (broad SMARTS) is 1. The third kappa shape index (κ3) is 4.97. The van der Waals surface area contributed by atoms with E-state index in [1.807, 2.05) is 5.32 Å². The van der Waals surface area contributed by atoms with Crippen molar-refractivity contribution in [1.29, 1.82) is 0 Å². The van der Waals surface area contributed by atoms with Crippen LogP contribution in [0.25, 0.3) is 0 Å². The Kier molecular flexibility index (Phi) is 4.68. The van der Waals surface area contributed by atoms with Gasteiger partial charge in [-0.05, 0) is 12.1 Å². The van der Waals surface area contributed by atoms with Crippen LogP contribution in [0.5, 0.6) is 0 Å². The highest BCUT2D eigenvalue weighted by Crippen LogP contribution is 2.25. The number of alkyl halides is 3. The number of amides is 2. The number of benzene rings is 1. The number of rotatable bonds is 4. The fraction of sp³-hybridized carbons (Fsp3) is 0.200. The lowest BCUT2D eigenvalue weighted by atomic mass is 10.1. The van der Waals surface area contributed by atoms with Crippen molar-refractivity contribution in [2.24, 2.45) is 0 Å². The third-order valence-electron chi connectivity index (χ3n) is 2.14. The van der Waals surface area contributed by atoms with Gasteiger partial charge in [-0.2, -0.15) is 13.2 Å². The first-order valence-corrected chi connectivity index (χ1v) is 5.23. The SMILES string of the molecule is O=C(NCC(F)(F)F)Nc1ccc(C(=O)O)cc1[N+](=O)[O-]. The summed E-state index contributed by atoms with van der Waals surface area (Å²) in [5, 5.41) is 22.8. The minimum Gasteiger partial charge on any atom is -0.478 e. The van der Waals surface area contributed by atoms with Gasteiger partial charge in [0.1, 0.15) is 12.2 Å². The molecule has 1 aromatic rings. The molecular formula is C10H8F3N3O5. The van der Waals surface area contributed by atoms with E-state index in [1.54, 1.807) is 0 Å². The molecule has 11 heteroatoms. The van der Waals surface area contributed by atoms with Crippen LogP contribution in [-0.4, -0.2) is 34.8 Å². The summed E-state index contributed by atoms with van der Waals surface area (Å²) in [6.45, 7) is -1.61. The third-order valence-corrected chi connectivity index (χ3v) is 2.14. The Morgan fingerprint density at radius 1 is 1.33 bits per heavy atom. The molecule has 0 aliphatic rings. The highest BCUT2D eigenvalue weighted by molar-refractivity contribution is 5.94. The second-order valence-corrected chi connectivity index (χ2v) is 3.72. The lowest BCUT2D eigenvalue weighted by Gasteiger charge is -2.10. The van der Waals surface area contributed by atoms with Gasteiger partial charge in [-0.25, -0.2) is 9.59 Å². The molecule has 0 atom stereocenters. The van der Waals surface area contributed by atoms with Crippen molar-refractivity contribution in [2.75, 3.05) is 11.9 Å². The molecule has 1 rings (SSSR count). The van der Waals surface area contributed by atoms with Crippen LogP contribution in [0.15, 0.2) is 18.2 Å². The number of nitrogens with one attached hydrogen (secondary N) is 2. The quantitative estimate of drug-likeness (QED) is 0.580. The Labute approximate surface area is 114 Å². The molecule has 0 saturated heterocycles. The Hall–Kier alpha value is -2.85. The van der Waals surface area contributed by atoms with Gasteiger partial charge >= 0.3 is 18.2 Å². The van der Waals surface area contributed by atoms with Crippen LogP contribution in [0.1, 0.15) is 10.4 Å². The summed E-state index contributed by atoms with van der Waals surface area (Å²) in [5.41, 5.74) is -1.58. The summed E-state index contributed by atoms with van der Waals surface area (Å²) >= 11 is 0. The molecule has 0 fully saturated rings. The van der Waals surface area contributed by atoms with E-state index in [4.69, 9.17) is 5.11 Å². The van der Waals surface area contributed by atoms with Crippen LogP contribution >= 0.6 is 0 Å². The molecular weight excluding hydrogens is 299 g/mol. The summed E-state index contributed by atoms with van der Waals surface area (Å²) in [7, 11) is 0. The Morgan fingerprint density at radius 3 is 2.43 bits per heavy atom. The predicted octanol–water partition coefficient (Wildman–Crippen LogP) is 1.98. The first-order valence-electron chi connectivity index (χ1n) is 5.23. The Bertz CT molecular complexity index is 588. The van der Waals surface area contributed by atoms with Crippen LogP contribution < -0.4 is 10.6 Å². The lowest BCUT2D eigenvalue weighted by Crippen LogP contribution is -2.36. The molecule has 114 valence electrons. The molecule has 0 bridgehead atoms. The molecule has 0 aliphatic carbocycles. The van der Waals surface area contributed by atoms with Crippen molar-refractivity contribution >= 4 is 23.4 Å². The zero-order valence-corrected chi connectivity index (χ0v) is 10.1. The van der Waals surface area contributed by atoms with Crippen LogP contribution in [0.3, 0.4) is 0 Å². The van der Waals surface area contributed by atoms with Crippen LogP contribution in [0.2, 0.25) is 0 Å². The van der Waals surface area contributed by atoms with Gasteiger partial charge in [0.15, 0.2) is 0 Å². The maximum absolute atomic E-state index is 11.9. The number of hydrogen-bond donors (Lipinski definition) is 3. The molecule has 0 saturated carbocycles. The zero-order chi connectivity index (χ0) is 16.2. The molecule has 0 heterocycles. The van der Waals surface area contributed by atoms with Gasteiger partial charge in [-0.1, -0.05) is 0 Å². The van der Waals surface area contributed by atoms with Crippen molar-refractivity contribution < 1.29 is 32.8 Å². The maximum atomic E-state index is 11.9. The number of nitrogens with zero attached hydrogens (tertiary/aromatic N) is 1. The number of urea groups is 1. The van der Waals surface area contributed by atoms with Gasteiger partial charge in [-0.3, -0.25) is 10.1 Å². The summed E-state index contributed by atoms with van der Waals surface area (Å²) in [6.07, 6.45) is -4.63. The number of anilines is 1. The van der Waals surface area contributed by atoms with E-state index in [0.717, 1.165) is 12.1 Å². The fourth-order valence-electron chi connectivity index (χ4n) is 1.27. The van der Waals surface area contributed by atoms with Crippen LogP contribution in [-0.2, 0) is 0 Å². The van der Waals surface area contributed by atoms with Gasteiger partial charge in [0, 0.05) is 6.07 Å². The minimum atomic E-state index is -4.63. The molecule has 0 aromatic heterocycles. The second-order valence-electron chi connectivity index (χ2n) is 3.72. The number of carbonyl (C=O) groups is 2. The summed E-state index contributed by atoms with van der Waals surface area (Å²) < 4.78 is 35.7. The minimum absolute atomic E-state index is 0.400. The molecule has 2 amide bonds. The fourth-order valence-corrected chi connectivity index (χ4v) is 1.27. The highest BCUT2D eigenvalue weighted by Gasteiger charge is 2.28. The van der Waals surface area contributed by atoms with E-state index in [0.29, 0.717) is 6.07 Å². The molecule has 1 aromatic carbocycles. The topological polar surface area (TPSA) is 122 Å². The van der Waals surface area contributed by atoms with Crippen LogP contribution in [0, 0.1) is 10.1 Å². The van der Waals surface area contributed by atoms with Crippen molar-refractivity contribution in [1.82, 2.24) is 5.32 Å². The first-order chi connectivity index (χ1) is 9.60. The van der Waals surface area contributed by atoms with Crippen molar-refractivity contribution in [3.05, 3.63) is 33.9 Å². The molecule has 0 radical (unpaired) electrons. The average molecular weight is 307 g/mol. The number of carbonyl (C=O) groups excluding carboxylic acids is 1.